The lowest BCUT2D eigenvalue weighted by molar-refractivity contribution is 0.174. The predicted molar refractivity (Wildman–Crippen MR) is 109 cm³/mol. The van der Waals surface area contributed by atoms with Gasteiger partial charge in [0.25, 0.3) is 0 Å². The number of carbonyl (C=O) groups is 1. The Bertz CT molecular complexity index is 988. The van der Waals surface area contributed by atoms with Gasteiger partial charge in [-0.3, -0.25) is 5.32 Å². The lowest BCUT2D eigenvalue weighted by Gasteiger charge is -2.32. The predicted octanol–water partition coefficient (Wildman–Crippen LogP) is 3.01. The standard InChI is InChI=1S/C21H24N6O2/c1-15-19(16-6-3-2-4-7-16)9-10-20(22-15)23-21(29)26-11-5-8-18(13-26)27-12-17(14-28)24-25-27/h2-4,6-7,9-10,12,18,28H,5,8,11,13-14H2,1H3,(H,22,23,29). The van der Waals surface area contributed by atoms with Gasteiger partial charge in [-0.15, -0.1) is 5.10 Å². The molecule has 0 bridgehead atoms. The average Bonchev–Trinajstić information content (AvgIpc) is 3.24. The zero-order valence-corrected chi connectivity index (χ0v) is 16.3. The van der Waals surface area contributed by atoms with Gasteiger partial charge in [0, 0.05) is 24.3 Å². The van der Waals surface area contributed by atoms with Crippen molar-refractivity contribution in [1.82, 2.24) is 24.9 Å². The highest BCUT2D eigenvalue weighted by molar-refractivity contribution is 5.88. The number of aryl methyl sites for hydroxylation is 1. The molecule has 1 atom stereocenters. The molecule has 4 rings (SSSR count). The first-order chi connectivity index (χ1) is 14.1. The first-order valence-corrected chi connectivity index (χ1v) is 9.74. The number of aliphatic hydroxyl groups is 1. The Morgan fingerprint density at radius 1 is 1.24 bits per heavy atom. The number of urea groups is 1. The molecule has 3 heterocycles. The van der Waals surface area contributed by atoms with Crippen LogP contribution >= 0.6 is 0 Å². The van der Waals surface area contributed by atoms with E-state index in [9.17, 15) is 9.90 Å². The van der Waals surface area contributed by atoms with Crippen LogP contribution in [0.25, 0.3) is 11.1 Å². The van der Waals surface area contributed by atoms with Crippen LogP contribution in [0.3, 0.4) is 0 Å². The molecule has 2 N–H and O–H groups in total. The molecule has 0 spiro atoms. The highest BCUT2D eigenvalue weighted by Crippen LogP contribution is 2.24. The van der Waals surface area contributed by atoms with Gasteiger partial charge < -0.3 is 10.0 Å². The largest absolute Gasteiger partial charge is 0.390 e. The van der Waals surface area contributed by atoms with Crippen molar-refractivity contribution in [1.29, 1.82) is 0 Å². The van der Waals surface area contributed by atoms with E-state index in [4.69, 9.17) is 0 Å². The normalized spacial score (nSPS) is 16.6. The van der Waals surface area contributed by atoms with E-state index >= 15 is 0 Å². The van der Waals surface area contributed by atoms with Gasteiger partial charge in [-0.1, -0.05) is 35.5 Å². The Labute approximate surface area is 169 Å². The van der Waals surface area contributed by atoms with E-state index in [1.807, 2.05) is 49.4 Å². The first-order valence-electron chi connectivity index (χ1n) is 9.74. The number of benzene rings is 1. The summed E-state index contributed by atoms with van der Waals surface area (Å²) in [5, 5.41) is 20.1. The second-order valence-electron chi connectivity index (χ2n) is 7.22. The van der Waals surface area contributed by atoms with E-state index in [0.29, 0.717) is 24.6 Å². The number of hydrogen-bond acceptors (Lipinski definition) is 5. The molecule has 1 aliphatic rings. The third-order valence-electron chi connectivity index (χ3n) is 5.18. The number of likely N-dealkylation sites (tertiary alicyclic amines) is 1. The van der Waals surface area contributed by atoms with E-state index < -0.39 is 0 Å². The second kappa shape index (κ2) is 8.40. The highest BCUT2D eigenvalue weighted by Gasteiger charge is 2.26. The van der Waals surface area contributed by atoms with Crippen molar-refractivity contribution in [2.75, 3.05) is 18.4 Å². The zero-order chi connectivity index (χ0) is 20.2. The minimum atomic E-state index is -0.170. The lowest BCUT2D eigenvalue weighted by Crippen LogP contribution is -2.43. The molecule has 1 fully saturated rings. The minimum absolute atomic E-state index is 0.0532. The molecule has 1 unspecified atom stereocenters. The van der Waals surface area contributed by atoms with Crippen molar-refractivity contribution in [3.05, 3.63) is 60.0 Å². The molecule has 2 aromatic heterocycles. The molecular weight excluding hydrogens is 368 g/mol. The summed E-state index contributed by atoms with van der Waals surface area (Å²) >= 11 is 0. The van der Waals surface area contributed by atoms with Gasteiger partial charge in [-0.2, -0.15) is 0 Å². The number of nitrogens with one attached hydrogen (secondary N) is 1. The Morgan fingerprint density at radius 3 is 2.79 bits per heavy atom. The number of aliphatic hydroxyl groups excluding tert-OH is 1. The molecule has 1 aromatic carbocycles. The molecule has 3 aromatic rings. The van der Waals surface area contributed by atoms with E-state index in [-0.39, 0.29) is 18.7 Å². The summed E-state index contributed by atoms with van der Waals surface area (Å²) in [6, 6.07) is 13.8. The quantitative estimate of drug-likeness (QED) is 0.711. The van der Waals surface area contributed by atoms with Crippen molar-refractivity contribution < 1.29 is 9.90 Å². The van der Waals surface area contributed by atoms with Crippen LogP contribution in [0, 0.1) is 6.92 Å². The van der Waals surface area contributed by atoms with Crippen LogP contribution < -0.4 is 5.32 Å². The molecule has 0 radical (unpaired) electrons. The zero-order valence-electron chi connectivity index (χ0n) is 16.3. The van der Waals surface area contributed by atoms with Crippen LogP contribution in [0.1, 0.15) is 30.3 Å². The molecule has 150 valence electrons. The van der Waals surface area contributed by atoms with Gasteiger partial charge in [0.1, 0.15) is 11.5 Å². The maximum absolute atomic E-state index is 12.8. The summed E-state index contributed by atoms with van der Waals surface area (Å²) in [4.78, 5) is 19.1. The third kappa shape index (κ3) is 4.27. The van der Waals surface area contributed by atoms with Crippen LogP contribution in [-0.4, -0.2) is 49.1 Å². The molecule has 1 saturated heterocycles. The lowest BCUT2D eigenvalue weighted by atomic mass is 10.0. The topological polar surface area (TPSA) is 96.2 Å². The van der Waals surface area contributed by atoms with E-state index in [1.165, 1.54) is 0 Å². The summed E-state index contributed by atoms with van der Waals surface area (Å²) < 4.78 is 1.74. The van der Waals surface area contributed by atoms with Crippen LogP contribution in [0.15, 0.2) is 48.7 Å². The van der Waals surface area contributed by atoms with Crippen LogP contribution in [0.2, 0.25) is 0 Å². The van der Waals surface area contributed by atoms with Crippen LogP contribution in [0.5, 0.6) is 0 Å². The number of carbonyl (C=O) groups excluding carboxylic acids is 1. The number of pyridine rings is 1. The number of aromatic nitrogens is 4. The molecule has 8 heteroatoms. The van der Waals surface area contributed by atoms with Crippen molar-refractivity contribution >= 4 is 11.8 Å². The van der Waals surface area contributed by atoms with Crippen molar-refractivity contribution in [3.63, 3.8) is 0 Å². The number of nitrogens with zero attached hydrogens (tertiary/aromatic N) is 5. The molecular formula is C21H24N6O2. The van der Waals surface area contributed by atoms with Gasteiger partial charge in [-0.25, -0.2) is 14.5 Å². The summed E-state index contributed by atoms with van der Waals surface area (Å²) in [5.74, 6) is 0.539. The van der Waals surface area contributed by atoms with Gasteiger partial charge in [0.15, 0.2) is 0 Å². The fourth-order valence-electron chi connectivity index (χ4n) is 3.66. The number of rotatable bonds is 4. The summed E-state index contributed by atoms with van der Waals surface area (Å²) in [6.07, 6.45) is 3.53. The first kappa shape index (κ1) is 19.1. The molecule has 0 aliphatic carbocycles. The van der Waals surface area contributed by atoms with Crippen LogP contribution in [0.4, 0.5) is 10.6 Å². The van der Waals surface area contributed by atoms with Gasteiger partial charge >= 0.3 is 6.03 Å². The Balaban J connectivity index is 1.43. The Morgan fingerprint density at radius 2 is 2.07 bits per heavy atom. The number of anilines is 1. The number of amides is 2. The third-order valence-corrected chi connectivity index (χ3v) is 5.18. The summed E-state index contributed by atoms with van der Waals surface area (Å²) in [7, 11) is 0. The van der Waals surface area contributed by atoms with Gasteiger partial charge in [0.05, 0.1) is 18.8 Å². The van der Waals surface area contributed by atoms with Gasteiger partial charge in [-0.05, 0) is 37.5 Å². The number of piperidine rings is 1. The molecule has 1 aliphatic heterocycles. The minimum Gasteiger partial charge on any atom is -0.390 e. The maximum Gasteiger partial charge on any atom is 0.323 e. The summed E-state index contributed by atoms with van der Waals surface area (Å²) in [5.41, 5.74) is 3.55. The molecule has 29 heavy (non-hydrogen) atoms. The van der Waals surface area contributed by atoms with Crippen molar-refractivity contribution in [3.8, 4) is 11.1 Å². The Kier molecular flexibility index (Phi) is 5.53. The maximum atomic E-state index is 12.8. The number of hydrogen-bond donors (Lipinski definition) is 2. The van der Waals surface area contributed by atoms with Crippen LogP contribution in [-0.2, 0) is 6.61 Å². The molecule has 0 saturated carbocycles. The van der Waals surface area contributed by atoms with Gasteiger partial charge in [0.2, 0.25) is 0 Å². The fraction of sp³-hybridized carbons (Fsp3) is 0.333. The monoisotopic (exact) mass is 392 g/mol. The molecule has 8 nitrogen and oxygen atoms in total. The SMILES string of the molecule is Cc1nc(NC(=O)N2CCCC(n3cc(CO)nn3)C2)ccc1-c1ccccc1. The fourth-order valence-corrected chi connectivity index (χ4v) is 3.66. The van der Waals surface area contributed by atoms with Crippen molar-refractivity contribution in [2.24, 2.45) is 0 Å². The Hall–Kier alpha value is -3.26. The van der Waals surface area contributed by atoms with E-state index in [2.05, 4.69) is 20.6 Å². The second-order valence-corrected chi connectivity index (χ2v) is 7.22. The smallest absolute Gasteiger partial charge is 0.323 e. The van der Waals surface area contributed by atoms with Crippen molar-refractivity contribution in [2.45, 2.75) is 32.4 Å². The van der Waals surface area contributed by atoms with E-state index in [0.717, 1.165) is 29.7 Å². The van der Waals surface area contributed by atoms with E-state index in [1.54, 1.807) is 15.8 Å². The summed E-state index contributed by atoms with van der Waals surface area (Å²) in [6.45, 7) is 3.03. The average molecular weight is 392 g/mol. The highest BCUT2D eigenvalue weighted by atomic mass is 16.3. The molecule has 2 amide bonds.